The van der Waals surface area contributed by atoms with Gasteiger partial charge in [-0.1, -0.05) is 30.3 Å². The highest BCUT2D eigenvalue weighted by molar-refractivity contribution is 6.77. The van der Waals surface area contributed by atoms with Gasteiger partial charge in [-0.15, -0.1) is 0 Å². The molecule has 0 saturated heterocycles. The van der Waals surface area contributed by atoms with Crippen LogP contribution in [0.25, 0.3) is 33.2 Å². The van der Waals surface area contributed by atoms with Gasteiger partial charge in [-0.3, -0.25) is 0 Å². The van der Waals surface area contributed by atoms with E-state index in [1.165, 1.54) is 28.0 Å². The molecular formula is C24H14BN2O2+. The Bertz CT molecular complexity index is 1540. The van der Waals surface area contributed by atoms with Crippen molar-refractivity contribution in [3.8, 4) is 17.0 Å². The van der Waals surface area contributed by atoms with E-state index in [0.29, 0.717) is 0 Å². The molecule has 8 rings (SSSR count). The molecule has 29 heavy (non-hydrogen) atoms. The largest absolute Gasteiger partial charge is 0.536 e. The number of pyridine rings is 1. The molecule has 0 saturated carbocycles. The Kier molecular flexibility index (Phi) is 2.28. The number of hydrogen-bond acceptors (Lipinski definition) is 3. The third-order valence-corrected chi connectivity index (χ3v) is 6.53. The lowest BCUT2D eigenvalue weighted by atomic mass is 9.66. The Hall–Kier alpha value is -3.73. The molecule has 3 aliphatic rings. The van der Waals surface area contributed by atoms with Gasteiger partial charge in [-0.2, -0.15) is 4.57 Å². The van der Waals surface area contributed by atoms with Gasteiger partial charge in [0.25, 0.3) is 0 Å². The van der Waals surface area contributed by atoms with Gasteiger partial charge in [0.05, 0.1) is 16.7 Å². The topological polar surface area (TPSA) is 29.5 Å². The summed E-state index contributed by atoms with van der Waals surface area (Å²) < 4.78 is 15.0. The number of fused-ring (bicyclic) bond motifs is 8. The van der Waals surface area contributed by atoms with Gasteiger partial charge in [0.15, 0.2) is 12.7 Å². The molecule has 5 heterocycles. The molecule has 3 aliphatic heterocycles. The molecule has 2 aromatic heterocycles. The minimum atomic E-state index is -0.147. The van der Waals surface area contributed by atoms with Crippen LogP contribution in [0.4, 0.5) is 11.4 Å². The molecule has 0 bridgehead atoms. The minimum Gasteiger partial charge on any atom is -0.536 e. The second kappa shape index (κ2) is 4.63. The Morgan fingerprint density at radius 3 is 2.83 bits per heavy atom. The van der Waals surface area contributed by atoms with E-state index in [-0.39, 0.29) is 7.05 Å². The van der Waals surface area contributed by atoms with Gasteiger partial charge in [-0.05, 0) is 24.3 Å². The molecule has 0 fully saturated rings. The number of hydrogen-bond donors (Lipinski definition) is 0. The Balaban J connectivity index is 1.46. The fourth-order valence-electron chi connectivity index (χ4n) is 5.35. The lowest BCUT2D eigenvalue weighted by molar-refractivity contribution is -0.671. The van der Waals surface area contributed by atoms with Crippen LogP contribution in [0.5, 0.6) is 5.75 Å². The van der Waals surface area contributed by atoms with E-state index in [1.807, 2.05) is 12.1 Å². The smallest absolute Gasteiger partial charge is 0.531 e. The minimum absolute atomic E-state index is 0.147. The molecule has 0 atom stereocenters. The van der Waals surface area contributed by atoms with Gasteiger partial charge in [0.1, 0.15) is 16.9 Å². The molecule has 0 N–H and O–H groups in total. The van der Waals surface area contributed by atoms with Crippen molar-refractivity contribution in [2.75, 3.05) is 4.81 Å². The summed E-state index contributed by atoms with van der Waals surface area (Å²) >= 11 is 0. The number of furan rings is 1. The number of anilines is 2. The van der Waals surface area contributed by atoms with Crippen LogP contribution in [0.3, 0.4) is 0 Å². The van der Waals surface area contributed by atoms with E-state index in [9.17, 15) is 0 Å². The van der Waals surface area contributed by atoms with Crippen LogP contribution in [0.1, 0.15) is 5.56 Å². The Morgan fingerprint density at radius 1 is 0.862 bits per heavy atom. The highest BCUT2D eigenvalue weighted by Gasteiger charge is 2.51. The van der Waals surface area contributed by atoms with E-state index in [0.717, 1.165) is 39.9 Å². The van der Waals surface area contributed by atoms with Gasteiger partial charge < -0.3 is 13.9 Å². The summed E-state index contributed by atoms with van der Waals surface area (Å²) in [5, 5.41) is 2.27. The Morgan fingerprint density at radius 2 is 1.83 bits per heavy atom. The molecule has 0 radical (unpaired) electrons. The average molecular weight is 373 g/mol. The van der Waals surface area contributed by atoms with Gasteiger partial charge >= 0.3 is 7.05 Å². The maximum atomic E-state index is 6.53. The molecule has 0 unspecified atom stereocenters. The van der Waals surface area contributed by atoms with E-state index < -0.39 is 0 Å². The average Bonchev–Trinajstić information content (AvgIpc) is 3.42. The first kappa shape index (κ1) is 14.3. The third kappa shape index (κ3) is 1.58. The molecular weight excluding hydrogens is 359 g/mol. The summed E-state index contributed by atoms with van der Waals surface area (Å²) in [5.41, 5.74) is 9.34. The van der Waals surface area contributed by atoms with Crippen molar-refractivity contribution in [3.05, 3.63) is 78.5 Å². The van der Waals surface area contributed by atoms with Crippen LogP contribution in [-0.4, -0.2) is 7.05 Å². The zero-order valence-corrected chi connectivity index (χ0v) is 15.4. The number of para-hydroxylation sites is 1. The fourth-order valence-corrected chi connectivity index (χ4v) is 5.35. The van der Waals surface area contributed by atoms with Gasteiger partial charge in [-0.25, -0.2) is 0 Å². The summed E-state index contributed by atoms with van der Waals surface area (Å²) in [4.78, 5) is 2.35. The molecule has 0 amide bonds. The quantitative estimate of drug-likeness (QED) is 0.296. The molecule has 3 aromatic carbocycles. The van der Waals surface area contributed by atoms with Crippen LogP contribution in [0.2, 0.25) is 0 Å². The van der Waals surface area contributed by atoms with Crippen molar-refractivity contribution in [1.82, 2.24) is 0 Å². The standard InChI is InChI=1S/C24H14BN2O2/c1-2-9-20-15(6-1)16-11-19-22(12-21(16)28-20)29-25-17-7-4-10-26-13-14-5-3-8-18(27(19)25)23(14)24(17)26/h1-12H,13H2/q+1. The van der Waals surface area contributed by atoms with Crippen LogP contribution < -0.4 is 19.5 Å². The summed E-state index contributed by atoms with van der Waals surface area (Å²) in [7, 11) is -0.147. The zero-order chi connectivity index (χ0) is 18.7. The highest BCUT2D eigenvalue weighted by Crippen LogP contribution is 2.50. The van der Waals surface area contributed by atoms with E-state index >= 15 is 0 Å². The van der Waals surface area contributed by atoms with Gasteiger partial charge in [0.2, 0.25) is 5.69 Å². The van der Waals surface area contributed by atoms with Crippen LogP contribution in [0, 0.1) is 0 Å². The van der Waals surface area contributed by atoms with E-state index in [1.54, 1.807) is 0 Å². The fraction of sp³-hybridized carbons (Fsp3) is 0.0417. The Labute approximate surface area is 166 Å². The van der Waals surface area contributed by atoms with Crippen molar-refractivity contribution >= 4 is 45.8 Å². The van der Waals surface area contributed by atoms with Crippen molar-refractivity contribution in [2.24, 2.45) is 0 Å². The number of aromatic nitrogens is 1. The molecule has 5 heteroatoms. The zero-order valence-electron chi connectivity index (χ0n) is 15.4. The number of rotatable bonds is 0. The van der Waals surface area contributed by atoms with Crippen LogP contribution in [-0.2, 0) is 6.54 Å². The molecule has 4 nitrogen and oxygen atoms in total. The van der Waals surface area contributed by atoms with Crippen molar-refractivity contribution in [2.45, 2.75) is 6.54 Å². The van der Waals surface area contributed by atoms with Crippen molar-refractivity contribution < 1.29 is 13.6 Å². The van der Waals surface area contributed by atoms with Crippen molar-refractivity contribution in [1.29, 1.82) is 0 Å². The SMILES string of the molecule is c1cc2c3c(c1)N1B(Oc4cc5oc6ccccc6c5cc41)c1ccc[n+](c1-3)C2. The monoisotopic (exact) mass is 373 g/mol. The predicted octanol–water partition coefficient (Wildman–Crippen LogP) is 4.14. The highest BCUT2D eigenvalue weighted by atomic mass is 16.5. The molecule has 0 spiro atoms. The molecule has 5 aromatic rings. The molecule has 134 valence electrons. The maximum absolute atomic E-state index is 6.53. The van der Waals surface area contributed by atoms with E-state index in [4.69, 9.17) is 9.07 Å². The van der Waals surface area contributed by atoms with Crippen LogP contribution in [0.15, 0.2) is 77.3 Å². The number of nitrogens with zero attached hydrogens (tertiary/aromatic N) is 2. The first-order valence-electron chi connectivity index (χ1n) is 9.93. The second-order valence-corrected chi connectivity index (χ2v) is 8.01. The summed E-state index contributed by atoms with van der Waals surface area (Å²) in [6.07, 6.45) is 2.17. The van der Waals surface area contributed by atoms with Gasteiger partial charge in [0, 0.05) is 34.2 Å². The van der Waals surface area contributed by atoms with Crippen LogP contribution >= 0.6 is 0 Å². The summed E-state index contributed by atoms with van der Waals surface area (Å²) in [5.74, 6) is 0.877. The number of benzene rings is 3. The second-order valence-electron chi connectivity index (χ2n) is 8.01. The summed E-state index contributed by atoms with van der Waals surface area (Å²) in [6.45, 7) is 0.922. The first-order valence-corrected chi connectivity index (χ1v) is 9.93. The molecule has 0 aliphatic carbocycles. The van der Waals surface area contributed by atoms with Crippen molar-refractivity contribution in [3.63, 3.8) is 0 Å². The normalized spacial score (nSPS) is 14.9. The summed E-state index contributed by atoms with van der Waals surface area (Å²) in [6, 6.07) is 23.4. The third-order valence-electron chi connectivity index (χ3n) is 6.53. The maximum Gasteiger partial charge on any atom is 0.531 e. The lowest BCUT2D eigenvalue weighted by Gasteiger charge is -2.28. The van der Waals surface area contributed by atoms with E-state index in [2.05, 4.69) is 70.2 Å². The first-order chi connectivity index (χ1) is 14.4. The lowest BCUT2D eigenvalue weighted by Crippen LogP contribution is -2.53. The predicted molar refractivity (Wildman–Crippen MR) is 113 cm³/mol.